The first-order chi connectivity index (χ1) is 9.49. The average Bonchev–Trinajstić information content (AvgIpc) is 2.87. The number of halogens is 1. The molecule has 2 aromatic rings. The van der Waals surface area contributed by atoms with Crippen molar-refractivity contribution in [1.29, 1.82) is 0 Å². The van der Waals surface area contributed by atoms with E-state index in [2.05, 4.69) is 9.36 Å². The van der Waals surface area contributed by atoms with E-state index in [4.69, 9.17) is 11.6 Å². The first-order valence-electron chi connectivity index (χ1n) is 6.28. The number of aromatic nitrogens is 2. The molecule has 1 heterocycles. The van der Waals surface area contributed by atoms with Crippen molar-refractivity contribution in [2.24, 2.45) is 0 Å². The zero-order valence-electron chi connectivity index (χ0n) is 11.2. The summed E-state index contributed by atoms with van der Waals surface area (Å²) in [6.07, 6.45) is 0.321. The molecule has 4 nitrogen and oxygen atoms in total. The molecule has 0 saturated carbocycles. The molecule has 1 aromatic heterocycles. The summed E-state index contributed by atoms with van der Waals surface area (Å²) < 4.78 is 4.22. The lowest BCUT2D eigenvalue weighted by molar-refractivity contribution is -0.138. The summed E-state index contributed by atoms with van der Waals surface area (Å²) in [6, 6.07) is 7.27. The van der Waals surface area contributed by atoms with Gasteiger partial charge in [-0.05, 0) is 29.6 Å². The quantitative estimate of drug-likeness (QED) is 0.914. The van der Waals surface area contributed by atoms with Gasteiger partial charge in [-0.2, -0.15) is 4.37 Å². The summed E-state index contributed by atoms with van der Waals surface area (Å²) in [4.78, 5) is 15.8. The van der Waals surface area contributed by atoms with Gasteiger partial charge in [0.2, 0.25) is 0 Å². The first kappa shape index (κ1) is 14.9. The summed E-state index contributed by atoms with van der Waals surface area (Å²) in [5.74, 6) is -0.735. The van der Waals surface area contributed by atoms with Crippen LogP contribution in [0.1, 0.15) is 42.1 Å². The van der Waals surface area contributed by atoms with Crippen molar-refractivity contribution in [3.63, 3.8) is 0 Å². The van der Waals surface area contributed by atoms with E-state index in [0.717, 1.165) is 17.1 Å². The van der Waals surface area contributed by atoms with Gasteiger partial charge in [-0.3, -0.25) is 4.79 Å². The van der Waals surface area contributed by atoms with Gasteiger partial charge in [0.15, 0.2) is 0 Å². The van der Waals surface area contributed by atoms with Gasteiger partial charge in [-0.1, -0.05) is 43.6 Å². The van der Waals surface area contributed by atoms with Crippen LogP contribution >= 0.6 is 23.1 Å². The fourth-order valence-corrected chi connectivity index (χ4v) is 2.88. The van der Waals surface area contributed by atoms with E-state index in [1.807, 2.05) is 32.0 Å². The zero-order valence-corrected chi connectivity index (χ0v) is 12.8. The molecule has 1 N–H and O–H groups in total. The maximum Gasteiger partial charge on any atom is 0.313 e. The molecule has 0 amide bonds. The molecule has 0 aliphatic heterocycles. The van der Waals surface area contributed by atoms with Crippen LogP contribution in [0.25, 0.3) is 0 Å². The number of rotatable bonds is 5. The van der Waals surface area contributed by atoms with Gasteiger partial charge < -0.3 is 5.11 Å². The van der Waals surface area contributed by atoms with Gasteiger partial charge in [-0.15, -0.1) is 0 Å². The van der Waals surface area contributed by atoms with Crippen LogP contribution in [0, 0.1) is 0 Å². The summed E-state index contributed by atoms with van der Waals surface area (Å²) in [6.45, 7) is 3.96. The molecule has 20 heavy (non-hydrogen) atoms. The molecule has 0 fully saturated rings. The Balaban J connectivity index is 2.27. The fourth-order valence-electron chi connectivity index (χ4n) is 1.79. The largest absolute Gasteiger partial charge is 0.481 e. The van der Waals surface area contributed by atoms with Crippen LogP contribution in [0.2, 0.25) is 5.02 Å². The predicted octanol–water partition coefficient (Wildman–Crippen LogP) is 3.73. The van der Waals surface area contributed by atoms with Gasteiger partial charge in [0.25, 0.3) is 0 Å². The molecule has 0 aliphatic carbocycles. The Hall–Kier alpha value is -1.46. The lowest BCUT2D eigenvalue weighted by atomic mass is 10.00. The van der Waals surface area contributed by atoms with Crippen molar-refractivity contribution >= 4 is 29.1 Å². The highest BCUT2D eigenvalue weighted by Gasteiger charge is 2.25. The van der Waals surface area contributed by atoms with E-state index in [0.29, 0.717) is 22.3 Å². The van der Waals surface area contributed by atoms with Gasteiger partial charge in [0.1, 0.15) is 16.7 Å². The number of nitrogens with zero attached hydrogens (tertiary/aromatic N) is 2. The number of hydrogen-bond donors (Lipinski definition) is 1. The molecule has 0 radical (unpaired) electrons. The minimum Gasteiger partial charge on any atom is -0.481 e. The van der Waals surface area contributed by atoms with E-state index in [9.17, 15) is 9.90 Å². The summed E-state index contributed by atoms with van der Waals surface area (Å²) >= 11 is 7.24. The van der Waals surface area contributed by atoms with Crippen molar-refractivity contribution in [1.82, 2.24) is 9.36 Å². The monoisotopic (exact) mass is 310 g/mol. The van der Waals surface area contributed by atoms with Crippen LogP contribution in [0.5, 0.6) is 0 Å². The molecular formula is C14H15ClN2O2S. The van der Waals surface area contributed by atoms with Crippen LogP contribution in [0.4, 0.5) is 0 Å². The van der Waals surface area contributed by atoms with Crippen molar-refractivity contribution in [3.8, 4) is 0 Å². The third kappa shape index (κ3) is 3.35. The zero-order chi connectivity index (χ0) is 14.7. The number of carbonyl (C=O) groups is 1. The molecule has 2 rings (SSSR count). The molecule has 1 unspecified atom stereocenters. The third-order valence-electron chi connectivity index (χ3n) is 2.95. The second-order valence-electron chi connectivity index (χ2n) is 4.83. The molecule has 6 heteroatoms. The summed E-state index contributed by atoms with van der Waals surface area (Å²) in [5.41, 5.74) is 0.808. The Morgan fingerprint density at radius 1 is 1.40 bits per heavy atom. The van der Waals surface area contributed by atoms with Crippen molar-refractivity contribution in [2.75, 3.05) is 0 Å². The second kappa shape index (κ2) is 6.33. The summed E-state index contributed by atoms with van der Waals surface area (Å²) in [7, 11) is 0. The van der Waals surface area contributed by atoms with E-state index < -0.39 is 11.9 Å². The van der Waals surface area contributed by atoms with Crippen LogP contribution in [0.3, 0.4) is 0 Å². The van der Waals surface area contributed by atoms with Gasteiger partial charge in [0.05, 0.1) is 0 Å². The molecule has 106 valence electrons. The van der Waals surface area contributed by atoms with Crippen molar-refractivity contribution in [2.45, 2.75) is 32.1 Å². The summed E-state index contributed by atoms with van der Waals surface area (Å²) in [5, 5.41) is 10.5. The van der Waals surface area contributed by atoms with E-state index in [1.165, 1.54) is 0 Å². The number of carboxylic acids is 1. The molecule has 0 saturated heterocycles. The maximum absolute atomic E-state index is 11.5. The van der Waals surface area contributed by atoms with Gasteiger partial charge in [0, 0.05) is 10.9 Å². The lowest BCUT2D eigenvalue weighted by Crippen LogP contribution is -2.14. The number of benzene rings is 1. The highest BCUT2D eigenvalue weighted by atomic mass is 35.5. The Morgan fingerprint density at radius 3 is 2.65 bits per heavy atom. The predicted molar refractivity (Wildman–Crippen MR) is 79.5 cm³/mol. The number of carboxylic acid groups (broad SMARTS) is 1. The van der Waals surface area contributed by atoms with Gasteiger partial charge in [-0.25, -0.2) is 4.98 Å². The SMILES string of the molecule is CC(C)c1nsc(C(Cc2ccccc2Cl)C(=O)O)n1. The lowest BCUT2D eigenvalue weighted by Gasteiger charge is -2.10. The molecule has 1 atom stereocenters. The first-order valence-corrected chi connectivity index (χ1v) is 7.44. The van der Waals surface area contributed by atoms with Crippen molar-refractivity contribution in [3.05, 3.63) is 45.7 Å². The number of aliphatic carboxylic acids is 1. The van der Waals surface area contributed by atoms with Crippen molar-refractivity contribution < 1.29 is 9.90 Å². The van der Waals surface area contributed by atoms with Crippen LogP contribution in [-0.2, 0) is 11.2 Å². The minimum atomic E-state index is -0.906. The Labute approximate surface area is 126 Å². The standard InChI is InChI=1S/C14H15ClN2O2S/c1-8(2)12-16-13(20-17-12)10(14(18)19)7-9-5-3-4-6-11(9)15/h3-6,8,10H,7H2,1-2H3,(H,18,19). The van der Waals surface area contributed by atoms with E-state index >= 15 is 0 Å². The molecule has 1 aromatic carbocycles. The highest BCUT2D eigenvalue weighted by Crippen LogP contribution is 2.27. The Bertz CT molecular complexity index is 613. The van der Waals surface area contributed by atoms with Crippen LogP contribution in [0.15, 0.2) is 24.3 Å². The third-order valence-corrected chi connectivity index (χ3v) is 4.16. The normalized spacial score (nSPS) is 12.6. The van der Waals surface area contributed by atoms with Crippen LogP contribution in [-0.4, -0.2) is 20.4 Å². The topological polar surface area (TPSA) is 63.1 Å². The number of hydrogen-bond acceptors (Lipinski definition) is 4. The minimum absolute atomic E-state index is 0.190. The highest BCUT2D eigenvalue weighted by molar-refractivity contribution is 7.05. The van der Waals surface area contributed by atoms with E-state index in [-0.39, 0.29) is 5.92 Å². The molecule has 0 bridgehead atoms. The smallest absolute Gasteiger partial charge is 0.313 e. The Kier molecular flexibility index (Phi) is 4.73. The average molecular weight is 311 g/mol. The van der Waals surface area contributed by atoms with Gasteiger partial charge >= 0.3 is 5.97 Å². The Morgan fingerprint density at radius 2 is 2.10 bits per heavy atom. The van der Waals surface area contributed by atoms with Crippen LogP contribution < -0.4 is 0 Å². The van der Waals surface area contributed by atoms with E-state index in [1.54, 1.807) is 6.07 Å². The molecule has 0 aliphatic rings. The maximum atomic E-state index is 11.5. The fraction of sp³-hybridized carbons (Fsp3) is 0.357. The molecule has 0 spiro atoms. The second-order valence-corrected chi connectivity index (χ2v) is 6.02. The molecular weight excluding hydrogens is 296 g/mol.